The molecule has 1 aliphatic rings. The Hall–Kier alpha value is -1.81. The van der Waals surface area contributed by atoms with Crippen LogP contribution < -0.4 is 4.74 Å². The number of amides is 1. The number of hydrogen-bond acceptors (Lipinski definition) is 2. The molecule has 2 aromatic rings. The van der Waals surface area contributed by atoms with Crippen LogP contribution >= 0.6 is 15.9 Å². The highest BCUT2D eigenvalue weighted by Gasteiger charge is 2.27. The number of benzene rings is 2. The lowest BCUT2D eigenvalue weighted by Crippen LogP contribution is -2.29. The molecule has 2 aromatic carbocycles. The molecule has 3 rings (SSSR count). The van der Waals surface area contributed by atoms with Crippen LogP contribution in [0.4, 0.5) is 0 Å². The van der Waals surface area contributed by atoms with Crippen molar-refractivity contribution in [1.29, 1.82) is 0 Å². The second-order valence-corrected chi connectivity index (χ2v) is 6.82. The van der Waals surface area contributed by atoms with Crippen molar-refractivity contribution in [3.8, 4) is 5.75 Å². The second-order valence-electron chi connectivity index (χ2n) is 5.90. The number of likely N-dealkylation sites (tertiary alicyclic amines) is 1. The van der Waals surface area contributed by atoms with E-state index in [1.807, 2.05) is 41.3 Å². The fourth-order valence-electron chi connectivity index (χ4n) is 3.02. The standard InChI is InChI=1S/C19H20BrNO2/c1-23-18-8-4-15(5-9-18)16-10-11-21(13-16)19(22)12-14-2-6-17(20)7-3-14/h2-9,16H,10-13H2,1H3. The predicted octanol–water partition coefficient (Wildman–Crippen LogP) is 4.02. The third-order valence-corrected chi connectivity index (χ3v) is 4.93. The summed E-state index contributed by atoms with van der Waals surface area (Å²) in [5, 5.41) is 0. The third-order valence-electron chi connectivity index (χ3n) is 4.40. The van der Waals surface area contributed by atoms with Gasteiger partial charge in [0.1, 0.15) is 5.75 Å². The Labute approximate surface area is 145 Å². The fourth-order valence-corrected chi connectivity index (χ4v) is 3.29. The van der Waals surface area contributed by atoms with E-state index < -0.39 is 0 Å². The Morgan fingerprint density at radius 1 is 1.17 bits per heavy atom. The Morgan fingerprint density at radius 2 is 1.87 bits per heavy atom. The number of hydrogen-bond donors (Lipinski definition) is 0. The molecular weight excluding hydrogens is 354 g/mol. The van der Waals surface area contributed by atoms with Gasteiger partial charge in [0.05, 0.1) is 13.5 Å². The highest BCUT2D eigenvalue weighted by Crippen LogP contribution is 2.28. The Bertz CT molecular complexity index is 667. The molecule has 0 bridgehead atoms. The Morgan fingerprint density at radius 3 is 2.52 bits per heavy atom. The summed E-state index contributed by atoms with van der Waals surface area (Å²) in [7, 11) is 1.67. The summed E-state index contributed by atoms with van der Waals surface area (Å²) >= 11 is 3.42. The van der Waals surface area contributed by atoms with Crippen molar-refractivity contribution in [2.24, 2.45) is 0 Å². The van der Waals surface area contributed by atoms with Gasteiger partial charge in [0.2, 0.25) is 5.91 Å². The summed E-state index contributed by atoms with van der Waals surface area (Å²) in [6.07, 6.45) is 1.50. The zero-order chi connectivity index (χ0) is 16.2. The van der Waals surface area contributed by atoms with E-state index in [9.17, 15) is 4.79 Å². The van der Waals surface area contributed by atoms with Gasteiger partial charge in [-0.05, 0) is 41.8 Å². The number of rotatable bonds is 4. The molecule has 0 N–H and O–H groups in total. The summed E-state index contributed by atoms with van der Waals surface area (Å²) < 4.78 is 6.23. The van der Waals surface area contributed by atoms with Gasteiger partial charge in [0.25, 0.3) is 0 Å². The summed E-state index contributed by atoms with van der Waals surface area (Å²) in [6.45, 7) is 1.65. The molecule has 4 heteroatoms. The van der Waals surface area contributed by atoms with E-state index in [-0.39, 0.29) is 5.91 Å². The average molecular weight is 374 g/mol. The quantitative estimate of drug-likeness (QED) is 0.809. The lowest BCUT2D eigenvalue weighted by molar-refractivity contribution is -0.129. The monoisotopic (exact) mass is 373 g/mol. The smallest absolute Gasteiger partial charge is 0.227 e. The molecule has 1 heterocycles. The lowest BCUT2D eigenvalue weighted by atomic mass is 9.98. The van der Waals surface area contributed by atoms with Crippen LogP contribution in [0.1, 0.15) is 23.5 Å². The lowest BCUT2D eigenvalue weighted by Gasteiger charge is -2.17. The molecule has 0 aromatic heterocycles. The van der Waals surface area contributed by atoms with Crippen molar-refractivity contribution in [1.82, 2.24) is 4.90 Å². The largest absolute Gasteiger partial charge is 0.497 e. The van der Waals surface area contributed by atoms with Gasteiger partial charge in [0.15, 0.2) is 0 Å². The van der Waals surface area contributed by atoms with Gasteiger partial charge in [-0.2, -0.15) is 0 Å². The van der Waals surface area contributed by atoms with Crippen LogP contribution in [0.3, 0.4) is 0 Å². The first kappa shape index (κ1) is 16.1. The predicted molar refractivity (Wildman–Crippen MR) is 94.8 cm³/mol. The minimum Gasteiger partial charge on any atom is -0.497 e. The van der Waals surface area contributed by atoms with Gasteiger partial charge in [-0.25, -0.2) is 0 Å². The molecule has 1 saturated heterocycles. The Kier molecular flexibility index (Phi) is 5.01. The minimum atomic E-state index is 0.211. The van der Waals surface area contributed by atoms with E-state index in [0.29, 0.717) is 12.3 Å². The topological polar surface area (TPSA) is 29.5 Å². The maximum absolute atomic E-state index is 12.5. The van der Waals surface area contributed by atoms with Crippen LogP contribution in [0.15, 0.2) is 53.0 Å². The molecule has 1 unspecified atom stereocenters. The van der Waals surface area contributed by atoms with E-state index in [4.69, 9.17) is 4.74 Å². The maximum atomic E-state index is 12.5. The summed E-state index contributed by atoms with van der Waals surface area (Å²) in [6, 6.07) is 16.1. The molecule has 1 fully saturated rings. The first-order valence-electron chi connectivity index (χ1n) is 7.82. The normalized spacial score (nSPS) is 17.3. The molecular formula is C19H20BrNO2. The highest BCUT2D eigenvalue weighted by atomic mass is 79.9. The molecule has 0 spiro atoms. The first-order chi connectivity index (χ1) is 11.2. The van der Waals surface area contributed by atoms with Crippen LogP contribution in [-0.2, 0) is 11.2 Å². The highest BCUT2D eigenvalue weighted by molar-refractivity contribution is 9.10. The molecule has 0 aliphatic carbocycles. The number of ether oxygens (including phenoxy) is 1. The fraction of sp³-hybridized carbons (Fsp3) is 0.316. The zero-order valence-electron chi connectivity index (χ0n) is 13.2. The van der Waals surface area contributed by atoms with Gasteiger partial charge in [-0.3, -0.25) is 4.79 Å². The van der Waals surface area contributed by atoms with Crippen molar-refractivity contribution in [3.05, 3.63) is 64.1 Å². The second kappa shape index (κ2) is 7.18. The summed E-state index contributed by atoms with van der Waals surface area (Å²) in [5.74, 6) is 1.51. The SMILES string of the molecule is COc1ccc(C2CCN(C(=O)Cc3ccc(Br)cc3)C2)cc1. The van der Waals surface area contributed by atoms with Crippen molar-refractivity contribution >= 4 is 21.8 Å². The van der Waals surface area contributed by atoms with Crippen LogP contribution in [0.2, 0.25) is 0 Å². The molecule has 23 heavy (non-hydrogen) atoms. The van der Waals surface area contributed by atoms with Crippen LogP contribution in [0, 0.1) is 0 Å². The molecule has 1 atom stereocenters. The van der Waals surface area contributed by atoms with E-state index in [1.165, 1.54) is 5.56 Å². The van der Waals surface area contributed by atoms with Crippen LogP contribution in [0.5, 0.6) is 5.75 Å². The number of carbonyl (C=O) groups is 1. The number of carbonyl (C=O) groups excluding carboxylic acids is 1. The molecule has 0 radical (unpaired) electrons. The van der Waals surface area contributed by atoms with Gasteiger partial charge < -0.3 is 9.64 Å². The van der Waals surface area contributed by atoms with Crippen LogP contribution in [0.25, 0.3) is 0 Å². The molecule has 1 amide bonds. The van der Waals surface area contributed by atoms with Gasteiger partial charge in [0, 0.05) is 23.5 Å². The number of halogens is 1. The average Bonchev–Trinajstić information content (AvgIpc) is 3.07. The molecule has 3 nitrogen and oxygen atoms in total. The Balaban J connectivity index is 1.60. The van der Waals surface area contributed by atoms with Gasteiger partial charge >= 0.3 is 0 Å². The first-order valence-corrected chi connectivity index (χ1v) is 8.61. The minimum absolute atomic E-state index is 0.211. The van der Waals surface area contributed by atoms with Crippen molar-refractivity contribution < 1.29 is 9.53 Å². The van der Waals surface area contributed by atoms with Gasteiger partial charge in [-0.1, -0.05) is 40.2 Å². The zero-order valence-corrected chi connectivity index (χ0v) is 14.8. The summed E-state index contributed by atoms with van der Waals surface area (Å²) in [4.78, 5) is 14.5. The van der Waals surface area contributed by atoms with Crippen molar-refractivity contribution in [3.63, 3.8) is 0 Å². The van der Waals surface area contributed by atoms with E-state index >= 15 is 0 Å². The van der Waals surface area contributed by atoms with Crippen molar-refractivity contribution in [2.45, 2.75) is 18.8 Å². The van der Waals surface area contributed by atoms with E-state index in [2.05, 4.69) is 28.1 Å². The number of nitrogens with zero attached hydrogens (tertiary/aromatic N) is 1. The van der Waals surface area contributed by atoms with E-state index in [0.717, 1.165) is 35.3 Å². The van der Waals surface area contributed by atoms with Crippen molar-refractivity contribution in [2.75, 3.05) is 20.2 Å². The van der Waals surface area contributed by atoms with Gasteiger partial charge in [-0.15, -0.1) is 0 Å². The molecule has 120 valence electrons. The maximum Gasteiger partial charge on any atom is 0.227 e. The molecule has 0 saturated carbocycles. The van der Waals surface area contributed by atoms with Crippen LogP contribution in [-0.4, -0.2) is 31.0 Å². The third kappa shape index (κ3) is 3.94. The van der Waals surface area contributed by atoms with E-state index in [1.54, 1.807) is 7.11 Å². The number of methoxy groups -OCH3 is 1. The summed E-state index contributed by atoms with van der Waals surface area (Å²) in [5.41, 5.74) is 2.34. The molecule has 1 aliphatic heterocycles.